The van der Waals surface area contributed by atoms with Crippen molar-refractivity contribution < 1.29 is 4.79 Å². The lowest BCUT2D eigenvalue weighted by atomic mass is 10.1. The molecule has 168 valence electrons. The molecule has 4 aromatic rings. The molecule has 1 amide bonds. The fraction of sp³-hybridized carbons (Fsp3) is 0.130. The van der Waals surface area contributed by atoms with Crippen LogP contribution in [0.15, 0.2) is 65.7 Å². The molecule has 0 aliphatic heterocycles. The Kier molecular flexibility index (Phi) is 7.49. The number of nitrogens with one attached hydrogen (secondary N) is 1. The zero-order valence-corrected chi connectivity index (χ0v) is 20.7. The number of thioether (sulfide) groups is 1. The maximum absolute atomic E-state index is 12.5. The number of aryl methyl sites for hydroxylation is 1. The summed E-state index contributed by atoms with van der Waals surface area (Å²) in [7, 11) is 0. The van der Waals surface area contributed by atoms with Gasteiger partial charge in [0.15, 0.2) is 16.1 Å². The fourth-order valence-corrected chi connectivity index (χ4v) is 4.79. The molecule has 1 N–H and O–H groups in total. The van der Waals surface area contributed by atoms with Crippen LogP contribution < -0.4 is 5.32 Å². The SMILES string of the molecule is C=CCn1c(SCC(=O)Nc2nc(-c3ccc(C)cc3)cs2)nnc1-c1ccc(Cl)c(Cl)c1. The van der Waals surface area contributed by atoms with Gasteiger partial charge in [0.1, 0.15) is 0 Å². The number of carbonyl (C=O) groups is 1. The van der Waals surface area contributed by atoms with E-state index < -0.39 is 0 Å². The van der Waals surface area contributed by atoms with Gasteiger partial charge in [0, 0.05) is 23.1 Å². The van der Waals surface area contributed by atoms with Crippen molar-refractivity contribution in [3.8, 4) is 22.6 Å². The van der Waals surface area contributed by atoms with Gasteiger partial charge in [0.25, 0.3) is 0 Å². The van der Waals surface area contributed by atoms with Gasteiger partial charge in [-0.3, -0.25) is 9.36 Å². The van der Waals surface area contributed by atoms with Gasteiger partial charge < -0.3 is 5.32 Å². The Labute approximate surface area is 209 Å². The number of allylic oxidation sites excluding steroid dienone is 1. The monoisotopic (exact) mass is 515 g/mol. The van der Waals surface area contributed by atoms with Gasteiger partial charge in [-0.1, -0.05) is 70.9 Å². The molecule has 10 heteroatoms. The highest BCUT2D eigenvalue weighted by atomic mass is 35.5. The van der Waals surface area contributed by atoms with Crippen LogP contribution >= 0.6 is 46.3 Å². The third-order valence-electron chi connectivity index (χ3n) is 4.64. The van der Waals surface area contributed by atoms with E-state index in [-0.39, 0.29) is 11.7 Å². The lowest BCUT2D eigenvalue weighted by Gasteiger charge is -2.08. The summed E-state index contributed by atoms with van der Waals surface area (Å²) in [6, 6.07) is 13.4. The van der Waals surface area contributed by atoms with E-state index in [4.69, 9.17) is 23.2 Å². The molecule has 0 fully saturated rings. The van der Waals surface area contributed by atoms with E-state index in [1.807, 2.05) is 47.2 Å². The van der Waals surface area contributed by atoms with Gasteiger partial charge in [0.2, 0.25) is 5.91 Å². The summed E-state index contributed by atoms with van der Waals surface area (Å²) in [5.74, 6) is 0.615. The van der Waals surface area contributed by atoms with Crippen LogP contribution in [0.1, 0.15) is 5.56 Å². The second-order valence-electron chi connectivity index (χ2n) is 7.08. The maximum atomic E-state index is 12.5. The lowest BCUT2D eigenvalue weighted by molar-refractivity contribution is -0.113. The molecule has 2 heterocycles. The standard InChI is InChI=1S/C23H19Cl2N5OS2/c1-3-10-30-21(16-8-9-17(24)18(25)11-16)28-29-23(30)33-13-20(31)27-22-26-19(12-32-22)15-6-4-14(2)5-7-15/h3-9,11-12H,1,10,13H2,2H3,(H,26,27,31). The molecule has 2 aromatic heterocycles. The second kappa shape index (κ2) is 10.5. The topological polar surface area (TPSA) is 72.7 Å². The Morgan fingerprint density at radius 3 is 2.64 bits per heavy atom. The molecule has 0 saturated carbocycles. The summed E-state index contributed by atoms with van der Waals surface area (Å²) in [4.78, 5) is 17.0. The molecule has 0 radical (unpaired) electrons. The Balaban J connectivity index is 1.43. The first-order valence-corrected chi connectivity index (χ1v) is 12.5. The van der Waals surface area contributed by atoms with Crippen LogP contribution in [0.25, 0.3) is 22.6 Å². The molecule has 2 aromatic carbocycles. The second-order valence-corrected chi connectivity index (χ2v) is 9.69. The van der Waals surface area contributed by atoms with Crippen molar-refractivity contribution in [3.63, 3.8) is 0 Å². The van der Waals surface area contributed by atoms with Crippen molar-refractivity contribution in [2.24, 2.45) is 0 Å². The molecule has 0 unspecified atom stereocenters. The minimum atomic E-state index is -0.172. The van der Waals surface area contributed by atoms with Crippen LogP contribution in [0.3, 0.4) is 0 Å². The average Bonchev–Trinajstić information content (AvgIpc) is 3.42. The van der Waals surface area contributed by atoms with Crippen LogP contribution in [-0.4, -0.2) is 31.4 Å². The first-order chi connectivity index (χ1) is 15.9. The van der Waals surface area contributed by atoms with Crippen LogP contribution in [0, 0.1) is 6.92 Å². The van der Waals surface area contributed by atoms with Crippen molar-refractivity contribution in [1.29, 1.82) is 0 Å². The number of rotatable bonds is 8. The van der Waals surface area contributed by atoms with E-state index in [9.17, 15) is 4.79 Å². The summed E-state index contributed by atoms with van der Waals surface area (Å²) < 4.78 is 1.88. The highest BCUT2D eigenvalue weighted by molar-refractivity contribution is 7.99. The molecule has 0 saturated heterocycles. The number of hydrogen-bond acceptors (Lipinski definition) is 6. The van der Waals surface area contributed by atoms with E-state index in [2.05, 4.69) is 27.1 Å². The number of benzene rings is 2. The van der Waals surface area contributed by atoms with E-state index in [1.54, 1.807) is 18.2 Å². The molecule has 0 aliphatic rings. The molecular formula is C23H19Cl2N5OS2. The summed E-state index contributed by atoms with van der Waals surface area (Å²) in [5.41, 5.74) is 3.81. The van der Waals surface area contributed by atoms with E-state index in [0.717, 1.165) is 16.8 Å². The summed E-state index contributed by atoms with van der Waals surface area (Å²) in [5, 5.41) is 15.4. The van der Waals surface area contributed by atoms with Gasteiger partial charge in [-0.25, -0.2) is 4.98 Å². The highest BCUT2D eigenvalue weighted by Gasteiger charge is 2.16. The number of halogens is 2. The van der Waals surface area contributed by atoms with Crippen molar-refractivity contribution in [2.75, 3.05) is 11.1 Å². The van der Waals surface area contributed by atoms with Crippen LogP contribution in [-0.2, 0) is 11.3 Å². The van der Waals surface area contributed by atoms with Crippen LogP contribution in [0.4, 0.5) is 5.13 Å². The largest absolute Gasteiger partial charge is 0.301 e. The average molecular weight is 516 g/mol. The number of carbonyl (C=O) groups excluding carboxylic acids is 1. The number of anilines is 1. The number of hydrogen-bond donors (Lipinski definition) is 1. The fourth-order valence-electron chi connectivity index (χ4n) is 3.01. The number of amides is 1. The predicted octanol–water partition coefficient (Wildman–Crippen LogP) is 6.60. The van der Waals surface area contributed by atoms with Crippen molar-refractivity contribution in [2.45, 2.75) is 18.6 Å². The molecule has 0 aliphatic carbocycles. The molecule has 0 bridgehead atoms. The smallest absolute Gasteiger partial charge is 0.236 e. The Morgan fingerprint density at radius 2 is 1.91 bits per heavy atom. The van der Waals surface area contributed by atoms with Crippen LogP contribution in [0.2, 0.25) is 10.0 Å². The van der Waals surface area contributed by atoms with Crippen molar-refractivity contribution in [1.82, 2.24) is 19.7 Å². The Morgan fingerprint density at radius 1 is 1.15 bits per heavy atom. The molecule has 4 rings (SSSR count). The zero-order valence-electron chi connectivity index (χ0n) is 17.6. The third kappa shape index (κ3) is 5.65. The van der Waals surface area contributed by atoms with Crippen molar-refractivity contribution in [3.05, 3.63) is 76.1 Å². The first-order valence-electron chi connectivity index (χ1n) is 9.89. The maximum Gasteiger partial charge on any atom is 0.236 e. The van der Waals surface area contributed by atoms with Gasteiger partial charge in [-0.2, -0.15) is 0 Å². The quantitative estimate of drug-likeness (QED) is 0.211. The Hall–Kier alpha value is -2.65. The molecule has 0 spiro atoms. The normalized spacial score (nSPS) is 10.9. The lowest BCUT2D eigenvalue weighted by Crippen LogP contribution is -2.14. The van der Waals surface area contributed by atoms with E-state index in [1.165, 1.54) is 28.7 Å². The summed E-state index contributed by atoms with van der Waals surface area (Å²) >= 11 is 14.9. The van der Waals surface area contributed by atoms with Gasteiger partial charge >= 0.3 is 0 Å². The number of aromatic nitrogens is 4. The zero-order chi connectivity index (χ0) is 23.4. The van der Waals surface area contributed by atoms with Gasteiger partial charge in [0.05, 0.1) is 21.5 Å². The molecule has 33 heavy (non-hydrogen) atoms. The molecular weight excluding hydrogens is 497 g/mol. The minimum absolute atomic E-state index is 0.163. The minimum Gasteiger partial charge on any atom is -0.301 e. The Bertz CT molecular complexity index is 1300. The summed E-state index contributed by atoms with van der Waals surface area (Å²) in [6.07, 6.45) is 1.75. The van der Waals surface area contributed by atoms with E-state index >= 15 is 0 Å². The van der Waals surface area contributed by atoms with Crippen molar-refractivity contribution >= 4 is 57.3 Å². The van der Waals surface area contributed by atoms with E-state index in [0.29, 0.717) is 32.7 Å². The first kappa shape index (κ1) is 23.5. The highest BCUT2D eigenvalue weighted by Crippen LogP contribution is 2.30. The summed E-state index contributed by atoms with van der Waals surface area (Å²) in [6.45, 7) is 6.33. The van der Waals surface area contributed by atoms with Gasteiger partial charge in [-0.15, -0.1) is 28.1 Å². The number of thiazole rings is 1. The van der Waals surface area contributed by atoms with Gasteiger partial charge in [-0.05, 0) is 25.1 Å². The predicted molar refractivity (Wildman–Crippen MR) is 137 cm³/mol. The van der Waals surface area contributed by atoms with Crippen LogP contribution in [0.5, 0.6) is 0 Å². The molecule has 6 nitrogen and oxygen atoms in total. The number of nitrogens with zero attached hydrogens (tertiary/aromatic N) is 4. The third-order valence-corrected chi connectivity index (χ3v) is 7.10. The molecule has 0 atom stereocenters.